The van der Waals surface area contributed by atoms with Crippen LogP contribution in [0.2, 0.25) is 0 Å². The van der Waals surface area contributed by atoms with Crippen molar-refractivity contribution < 1.29 is 4.74 Å². The molecule has 0 atom stereocenters. The molecule has 1 heterocycles. The zero-order valence-corrected chi connectivity index (χ0v) is 11.5. The molecule has 2 aromatic rings. The van der Waals surface area contributed by atoms with Gasteiger partial charge < -0.3 is 10.5 Å². The number of aryl methyl sites for hydroxylation is 1. The number of nitrogens with two attached hydrogens (primary N) is 1. The van der Waals surface area contributed by atoms with Gasteiger partial charge in [-0.1, -0.05) is 24.3 Å². The van der Waals surface area contributed by atoms with E-state index < -0.39 is 0 Å². The van der Waals surface area contributed by atoms with Gasteiger partial charge >= 0.3 is 0 Å². The maximum Gasteiger partial charge on any atom is 0.290 e. The first kappa shape index (κ1) is 13.4. The van der Waals surface area contributed by atoms with Crippen LogP contribution >= 0.6 is 0 Å². The summed E-state index contributed by atoms with van der Waals surface area (Å²) in [6.45, 7) is 2.87. The number of nitrogen functional groups attached to an aromatic ring is 1. The van der Waals surface area contributed by atoms with Crippen LogP contribution < -0.4 is 11.3 Å². The highest BCUT2D eigenvalue weighted by molar-refractivity contribution is 5.41. The lowest BCUT2D eigenvalue weighted by Crippen LogP contribution is -2.23. The third-order valence-electron chi connectivity index (χ3n) is 3.39. The molecule has 0 saturated carbocycles. The second-order valence-corrected chi connectivity index (χ2v) is 4.61. The average Bonchev–Trinajstić information content (AvgIpc) is 2.59. The summed E-state index contributed by atoms with van der Waals surface area (Å²) in [5.41, 5.74) is 8.91. The fraction of sp³-hybridized carbons (Fsp3) is 0.357. The second-order valence-electron chi connectivity index (χ2n) is 4.61. The number of aromatic nitrogens is 2. The van der Waals surface area contributed by atoms with Crippen molar-refractivity contribution in [2.75, 3.05) is 12.8 Å². The SMILES string of the molecule is COCc1c(N)c(=O)n(Cc2ccccc2C)n1C. The highest BCUT2D eigenvalue weighted by atomic mass is 16.5. The van der Waals surface area contributed by atoms with Crippen molar-refractivity contribution in [2.24, 2.45) is 7.05 Å². The molecule has 0 aliphatic rings. The number of hydrogen-bond donors (Lipinski definition) is 1. The molecule has 1 aromatic heterocycles. The fourth-order valence-corrected chi connectivity index (χ4v) is 2.15. The molecule has 19 heavy (non-hydrogen) atoms. The van der Waals surface area contributed by atoms with Gasteiger partial charge in [-0.05, 0) is 18.1 Å². The molecular weight excluding hydrogens is 242 g/mol. The number of benzene rings is 1. The minimum absolute atomic E-state index is 0.169. The molecule has 0 fully saturated rings. The van der Waals surface area contributed by atoms with Gasteiger partial charge in [0.05, 0.1) is 18.8 Å². The lowest BCUT2D eigenvalue weighted by molar-refractivity contribution is 0.177. The Morgan fingerprint density at radius 1 is 1.32 bits per heavy atom. The predicted octanol–water partition coefficient (Wildman–Crippen LogP) is 1.27. The summed E-state index contributed by atoms with van der Waals surface area (Å²) in [7, 11) is 3.41. The first-order valence-electron chi connectivity index (χ1n) is 6.13. The molecular formula is C14H19N3O2. The summed E-state index contributed by atoms with van der Waals surface area (Å²) in [4.78, 5) is 12.2. The van der Waals surface area contributed by atoms with Crippen molar-refractivity contribution in [1.82, 2.24) is 9.36 Å². The molecule has 1 aromatic carbocycles. The number of ether oxygens (including phenoxy) is 1. The first-order chi connectivity index (χ1) is 9.06. The van der Waals surface area contributed by atoms with Gasteiger partial charge in [-0.25, -0.2) is 4.68 Å². The van der Waals surface area contributed by atoms with Crippen LogP contribution in [0.4, 0.5) is 5.69 Å². The van der Waals surface area contributed by atoms with E-state index in [-0.39, 0.29) is 11.2 Å². The Balaban J connectivity index is 2.44. The molecule has 0 aliphatic carbocycles. The van der Waals surface area contributed by atoms with Crippen LogP contribution in [0.25, 0.3) is 0 Å². The largest absolute Gasteiger partial charge is 0.393 e. The molecule has 0 radical (unpaired) electrons. The highest BCUT2D eigenvalue weighted by Crippen LogP contribution is 2.12. The average molecular weight is 261 g/mol. The topological polar surface area (TPSA) is 62.2 Å². The normalized spacial score (nSPS) is 10.9. The van der Waals surface area contributed by atoms with Crippen molar-refractivity contribution in [3.05, 3.63) is 51.4 Å². The number of rotatable bonds is 4. The van der Waals surface area contributed by atoms with Crippen molar-refractivity contribution in [3.63, 3.8) is 0 Å². The minimum atomic E-state index is -0.169. The van der Waals surface area contributed by atoms with Crippen LogP contribution in [0.5, 0.6) is 0 Å². The molecule has 0 amide bonds. The minimum Gasteiger partial charge on any atom is -0.393 e. The number of hydrogen-bond acceptors (Lipinski definition) is 3. The van der Waals surface area contributed by atoms with Gasteiger partial charge in [0.2, 0.25) is 0 Å². The van der Waals surface area contributed by atoms with Crippen LogP contribution in [-0.4, -0.2) is 16.5 Å². The van der Waals surface area contributed by atoms with E-state index >= 15 is 0 Å². The zero-order valence-electron chi connectivity index (χ0n) is 11.5. The molecule has 0 saturated heterocycles. The molecule has 5 nitrogen and oxygen atoms in total. The maximum atomic E-state index is 12.2. The molecule has 2 N–H and O–H groups in total. The lowest BCUT2D eigenvalue weighted by atomic mass is 10.1. The van der Waals surface area contributed by atoms with Gasteiger partial charge in [0.15, 0.2) is 0 Å². The van der Waals surface area contributed by atoms with Gasteiger partial charge in [-0.2, -0.15) is 0 Å². The Bertz CT molecular complexity index is 641. The van der Waals surface area contributed by atoms with E-state index in [4.69, 9.17) is 10.5 Å². The Kier molecular flexibility index (Phi) is 3.76. The van der Waals surface area contributed by atoms with E-state index in [0.717, 1.165) is 11.1 Å². The summed E-state index contributed by atoms with van der Waals surface area (Å²) >= 11 is 0. The first-order valence-corrected chi connectivity index (χ1v) is 6.13. The predicted molar refractivity (Wildman–Crippen MR) is 75.1 cm³/mol. The van der Waals surface area contributed by atoms with Gasteiger partial charge in [0.25, 0.3) is 5.56 Å². The summed E-state index contributed by atoms with van der Waals surface area (Å²) in [5, 5.41) is 0. The number of nitrogens with zero attached hydrogens (tertiary/aromatic N) is 2. The van der Waals surface area contributed by atoms with Gasteiger partial charge in [0.1, 0.15) is 5.69 Å². The van der Waals surface area contributed by atoms with E-state index in [1.807, 2.05) is 38.2 Å². The zero-order chi connectivity index (χ0) is 14.0. The van der Waals surface area contributed by atoms with Crippen molar-refractivity contribution in [3.8, 4) is 0 Å². The molecule has 0 bridgehead atoms. The summed E-state index contributed by atoms with van der Waals surface area (Å²) in [5.74, 6) is 0. The Hall–Kier alpha value is -2.01. The molecule has 2 rings (SSSR count). The van der Waals surface area contributed by atoms with E-state index in [1.54, 1.807) is 16.5 Å². The van der Waals surface area contributed by atoms with Crippen LogP contribution in [0.3, 0.4) is 0 Å². The third-order valence-corrected chi connectivity index (χ3v) is 3.39. The van der Waals surface area contributed by atoms with Crippen molar-refractivity contribution >= 4 is 5.69 Å². The Morgan fingerprint density at radius 3 is 2.63 bits per heavy atom. The number of anilines is 1. The highest BCUT2D eigenvalue weighted by Gasteiger charge is 2.15. The summed E-state index contributed by atoms with van der Waals surface area (Å²) in [6, 6.07) is 8.00. The van der Waals surface area contributed by atoms with Crippen LogP contribution in [0.15, 0.2) is 29.1 Å². The Morgan fingerprint density at radius 2 is 2.00 bits per heavy atom. The molecule has 102 valence electrons. The quantitative estimate of drug-likeness (QED) is 0.901. The lowest BCUT2D eigenvalue weighted by Gasteiger charge is -2.11. The van der Waals surface area contributed by atoms with Crippen LogP contribution in [-0.2, 0) is 24.9 Å². The van der Waals surface area contributed by atoms with Crippen molar-refractivity contribution in [1.29, 1.82) is 0 Å². The van der Waals surface area contributed by atoms with Crippen LogP contribution in [0, 0.1) is 6.92 Å². The fourth-order valence-electron chi connectivity index (χ4n) is 2.15. The van der Waals surface area contributed by atoms with E-state index in [2.05, 4.69) is 0 Å². The molecule has 5 heteroatoms. The smallest absolute Gasteiger partial charge is 0.290 e. The van der Waals surface area contributed by atoms with Gasteiger partial charge in [-0.3, -0.25) is 9.48 Å². The van der Waals surface area contributed by atoms with Gasteiger partial charge in [-0.15, -0.1) is 0 Å². The van der Waals surface area contributed by atoms with E-state index in [9.17, 15) is 4.79 Å². The van der Waals surface area contributed by atoms with Crippen molar-refractivity contribution in [2.45, 2.75) is 20.1 Å². The summed E-state index contributed by atoms with van der Waals surface area (Å²) < 4.78 is 8.48. The standard InChI is InChI=1S/C14H19N3O2/c1-10-6-4-5-7-11(10)8-17-14(18)13(15)12(9-19-3)16(17)2/h4-7H,8-9,15H2,1-3H3. The monoisotopic (exact) mass is 261 g/mol. The third kappa shape index (κ3) is 2.42. The van der Waals surface area contributed by atoms with Crippen LogP contribution in [0.1, 0.15) is 16.8 Å². The number of methoxy groups -OCH3 is 1. The molecule has 0 aliphatic heterocycles. The summed E-state index contributed by atoms with van der Waals surface area (Å²) in [6.07, 6.45) is 0. The van der Waals surface area contributed by atoms with E-state index in [1.165, 1.54) is 0 Å². The second kappa shape index (κ2) is 5.32. The molecule has 0 spiro atoms. The van der Waals surface area contributed by atoms with Gasteiger partial charge in [0, 0.05) is 14.2 Å². The molecule has 0 unspecified atom stereocenters. The Labute approximate surface area is 112 Å². The van der Waals surface area contributed by atoms with E-state index in [0.29, 0.717) is 18.8 Å². The maximum absolute atomic E-state index is 12.2.